The van der Waals surface area contributed by atoms with Gasteiger partial charge in [0, 0.05) is 30.8 Å². The number of rotatable bonds is 4. The van der Waals surface area contributed by atoms with Gasteiger partial charge in [-0.3, -0.25) is 4.79 Å². The number of piperidine rings is 1. The maximum atomic E-state index is 12.8. The van der Waals surface area contributed by atoms with E-state index in [-0.39, 0.29) is 23.9 Å². The van der Waals surface area contributed by atoms with Crippen molar-refractivity contribution < 1.29 is 19.4 Å². The first-order valence-corrected chi connectivity index (χ1v) is 11.4. The molecule has 3 aliphatic heterocycles. The van der Waals surface area contributed by atoms with E-state index in [1.54, 1.807) is 18.2 Å². The van der Waals surface area contributed by atoms with Crippen molar-refractivity contribution in [2.24, 2.45) is 5.41 Å². The van der Waals surface area contributed by atoms with Crippen LogP contribution in [-0.2, 0) is 16.1 Å². The zero-order valence-electron chi connectivity index (χ0n) is 18.7. The van der Waals surface area contributed by atoms with E-state index in [1.165, 1.54) is 0 Å². The number of aliphatic hydroxyl groups excluding tert-OH is 1. The number of β-amino-alcohol motifs (C(OH)–C–C–N with tert-alkyl or cyclic N) is 1. The maximum Gasteiger partial charge on any atom is 0.338 e. The number of carbonyl (C=O) groups excluding carboxylic acids is 2. The van der Waals surface area contributed by atoms with Crippen LogP contribution in [-0.4, -0.2) is 48.1 Å². The number of anilines is 1. The normalized spacial score (nSPS) is 20.6. The predicted molar refractivity (Wildman–Crippen MR) is 121 cm³/mol. The Bertz CT molecular complexity index is 1140. The summed E-state index contributed by atoms with van der Waals surface area (Å²) in [6, 6.07) is 12.9. The largest absolute Gasteiger partial charge is 0.457 e. The van der Waals surface area contributed by atoms with Gasteiger partial charge in [-0.05, 0) is 79.7 Å². The summed E-state index contributed by atoms with van der Waals surface area (Å²) >= 11 is 0. The lowest BCUT2D eigenvalue weighted by Crippen LogP contribution is -2.43. The Morgan fingerprint density at radius 1 is 1.15 bits per heavy atom. The van der Waals surface area contributed by atoms with Gasteiger partial charge in [-0.15, -0.1) is 0 Å². The molecule has 0 saturated carbocycles. The first-order chi connectivity index (χ1) is 15.9. The van der Waals surface area contributed by atoms with Crippen LogP contribution in [0.5, 0.6) is 0 Å². The third-order valence-corrected chi connectivity index (χ3v) is 7.54. The molecule has 0 radical (unpaired) electrons. The Kier molecular flexibility index (Phi) is 5.43. The highest BCUT2D eigenvalue weighted by Crippen LogP contribution is 2.43. The Balaban J connectivity index is 1.21. The third-order valence-electron chi connectivity index (χ3n) is 7.54. The summed E-state index contributed by atoms with van der Waals surface area (Å²) in [4.78, 5) is 28.7. The number of likely N-dealkylation sites (tertiary alicyclic amines) is 1. The average molecular weight is 446 g/mol. The minimum atomic E-state index is -0.639. The minimum Gasteiger partial charge on any atom is -0.457 e. The number of ether oxygens (including phenoxy) is 1. The number of cyclic esters (lactones) is 1. The fourth-order valence-corrected chi connectivity index (χ4v) is 5.46. The van der Waals surface area contributed by atoms with E-state index in [9.17, 15) is 14.7 Å². The van der Waals surface area contributed by atoms with Crippen LogP contribution in [0.1, 0.15) is 58.0 Å². The van der Waals surface area contributed by atoms with E-state index in [2.05, 4.69) is 11.0 Å². The highest BCUT2D eigenvalue weighted by Gasteiger charge is 2.45. The van der Waals surface area contributed by atoms with Gasteiger partial charge in [0.1, 0.15) is 6.61 Å². The Labute approximate surface area is 193 Å². The van der Waals surface area contributed by atoms with Gasteiger partial charge >= 0.3 is 5.97 Å². The molecule has 1 N–H and O–H groups in total. The standard InChI is InChI=1S/C26H27N3O4/c1-17-20(6-7-21-22(17)15-33-25(21)32)23(30)14-28-10-8-26(9-11-28)12-24(31)29(16-26)19-4-2-18(13-27)3-5-19/h2-7,23,30H,8-12,14-16H2,1H3/t23-/m0/s1. The highest BCUT2D eigenvalue weighted by molar-refractivity contribution is 5.96. The van der Waals surface area contributed by atoms with E-state index in [1.807, 2.05) is 30.0 Å². The van der Waals surface area contributed by atoms with Crippen LogP contribution in [0, 0.1) is 23.7 Å². The zero-order chi connectivity index (χ0) is 23.2. The molecule has 33 heavy (non-hydrogen) atoms. The van der Waals surface area contributed by atoms with Crippen molar-refractivity contribution in [1.82, 2.24) is 4.90 Å². The number of benzene rings is 2. The fraction of sp³-hybridized carbons (Fsp3) is 0.423. The Morgan fingerprint density at radius 3 is 2.58 bits per heavy atom. The van der Waals surface area contributed by atoms with Gasteiger partial charge in [-0.25, -0.2) is 4.79 Å². The summed E-state index contributed by atoms with van der Waals surface area (Å²) in [7, 11) is 0. The minimum absolute atomic E-state index is 0.0341. The van der Waals surface area contributed by atoms with Crippen LogP contribution in [0.4, 0.5) is 5.69 Å². The molecule has 1 amide bonds. The maximum absolute atomic E-state index is 12.8. The summed E-state index contributed by atoms with van der Waals surface area (Å²) in [6.45, 7) is 5.10. The van der Waals surface area contributed by atoms with Crippen molar-refractivity contribution >= 4 is 17.6 Å². The summed E-state index contributed by atoms with van der Waals surface area (Å²) in [5.41, 5.74) is 4.65. The van der Waals surface area contributed by atoms with Crippen LogP contribution in [0.25, 0.3) is 0 Å². The Morgan fingerprint density at radius 2 is 1.88 bits per heavy atom. The molecule has 0 aromatic heterocycles. The number of hydrogen-bond donors (Lipinski definition) is 1. The van der Waals surface area contributed by atoms with Crippen molar-refractivity contribution in [3.63, 3.8) is 0 Å². The summed E-state index contributed by atoms with van der Waals surface area (Å²) in [5.74, 6) is -0.157. The van der Waals surface area contributed by atoms with Gasteiger partial charge in [0.05, 0.1) is 23.3 Å². The molecule has 3 heterocycles. The zero-order valence-corrected chi connectivity index (χ0v) is 18.7. The second-order valence-corrected chi connectivity index (χ2v) is 9.51. The van der Waals surface area contributed by atoms with Crippen molar-refractivity contribution in [2.45, 2.75) is 38.9 Å². The molecule has 1 atom stereocenters. The summed E-state index contributed by atoms with van der Waals surface area (Å²) in [6.07, 6.45) is 1.72. The molecule has 5 rings (SSSR count). The first-order valence-electron chi connectivity index (χ1n) is 11.4. The summed E-state index contributed by atoms with van der Waals surface area (Å²) in [5, 5.41) is 19.9. The highest BCUT2D eigenvalue weighted by atomic mass is 16.5. The number of nitriles is 1. The lowest BCUT2D eigenvalue weighted by molar-refractivity contribution is -0.118. The second kappa shape index (κ2) is 8.29. The van der Waals surface area contributed by atoms with Crippen molar-refractivity contribution in [1.29, 1.82) is 5.26 Å². The molecule has 2 aromatic carbocycles. The number of amides is 1. The molecular formula is C26H27N3O4. The van der Waals surface area contributed by atoms with Crippen LogP contribution < -0.4 is 4.90 Å². The van der Waals surface area contributed by atoms with E-state index in [0.29, 0.717) is 30.6 Å². The average Bonchev–Trinajstić information content (AvgIpc) is 3.36. The number of aliphatic hydroxyl groups is 1. The van der Waals surface area contributed by atoms with Gasteiger partial charge in [0.15, 0.2) is 0 Å². The van der Waals surface area contributed by atoms with E-state index in [4.69, 9.17) is 10.00 Å². The molecular weight excluding hydrogens is 418 g/mol. The molecule has 1 spiro atoms. The van der Waals surface area contributed by atoms with Gasteiger partial charge < -0.3 is 19.6 Å². The topological polar surface area (TPSA) is 93.9 Å². The van der Waals surface area contributed by atoms with Crippen LogP contribution in [0.2, 0.25) is 0 Å². The summed E-state index contributed by atoms with van der Waals surface area (Å²) < 4.78 is 5.13. The molecule has 0 bridgehead atoms. The number of esters is 1. The van der Waals surface area contributed by atoms with E-state index >= 15 is 0 Å². The molecule has 0 unspecified atom stereocenters. The van der Waals surface area contributed by atoms with Gasteiger partial charge in [-0.1, -0.05) is 6.07 Å². The number of hydrogen-bond acceptors (Lipinski definition) is 6. The molecule has 2 aromatic rings. The smallest absolute Gasteiger partial charge is 0.338 e. The number of fused-ring (bicyclic) bond motifs is 1. The molecule has 7 heteroatoms. The molecule has 3 aliphatic rings. The Hall–Kier alpha value is -3.21. The van der Waals surface area contributed by atoms with Crippen LogP contribution in [0.15, 0.2) is 36.4 Å². The monoisotopic (exact) mass is 445 g/mol. The predicted octanol–water partition coefficient (Wildman–Crippen LogP) is 3.09. The van der Waals surface area contributed by atoms with Crippen molar-refractivity contribution in [3.8, 4) is 6.07 Å². The molecule has 2 saturated heterocycles. The third kappa shape index (κ3) is 3.90. The van der Waals surface area contributed by atoms with Gasteiger partial charge in [0.2, 0.25) is 5.91 Å². The SMILES string of the molecule is Cc1c([C@@H](O)CN2CCC3(CC2)CC(=O)N(c2ccc(C#N)cc2)C3)ccc2c1COC2=O. The van der Waals surface area contributed by atoms with E-state index < -0.39 is 6.10 Å². The van der Waals surface area contributed by atoms with E-state index in [0.717, 1.165) is 48.3 Å². The molecule has 0 aliphatic carbocycles. The second-order valence-electron chi connectivity index (χ2n) is 9.51. The number of carbonyl (C=O) groups is 2. The van der Waals surface area contributed by atoms with Crippen LogP contribution in [0.3, 0.4) is 0 Å². The molecule has 170 valence electrons. The lowest BCUT2D eigenvalue weighted by atomic mass is 9.77. The molecule has 2 fully saturated rings. The van der Waals surface area contributed by atoms with Gasteiger partial charge in [-0.2, -0.15) is 5.26 Å². The first kappa shape index (κ1) is 21.6. The van der Waals surface area contributed by atoms with Gasteiger partial charge in [0.25, 0.3) is 0 Å². The quantitative estimate of drug-likeness (QED) is 0.727. The van der Waals surface area contributed by atoms with Crippen molar-refractivity contribution in [2.75, 3.05) is 31.1 Å². The fourth-order valence-electron chi connectivity index (χ4n) is 5.46. The molecule has 7 nitrogen and oxygen atoms in total. The lowest BCUT2D eigenvalue weighted by Gasteiger charge is -2.39. The van der Waals surface area contributed by atoms with Crippen molar-refractivity contribution in [3.05, 3.63) is 64.2 Å². The van der Waals surface area contributed by atoms with Crippen LogP contribution >= 0.6 is 0 Å². The number of nitrogens with zero attached hydrogens (tertiary/aromatic N) is 3.